The fraction of sp³-hybridized carbons (Fsp3) is 0.333. The Hall–Kier alpha value is -3.40. The molecule has 0 aliphatic heterocycles. The molecular weight excluding hydrogens is 688 g/mol. The number of amidine groups is 2. The number of nitro groups is 2. The van der Waals surface area contributed by atoms with Gasteiger partial charge >= 0.3 is 34.1 Å². The molecule has 0 aromatic heterocycles. The second-order valence-corrected chi connectivity index (χ2v) is 8.37. The first-order valence-corrected chi connectivity index (χ1v) is 12.9. The number of allylic oxidation sites excluding steroid dienone is 8. The second kappa shape index (κ2) is 21.3. The molecule has 2 N–H and O–H groups in total. The van der Waals surface area contributed by atoms with Crippen molar-refractivity contribution in [2.75, 3.05) is 26.2 Å². The smallest absolute Gasteiger partial charge is 0.741 e. The zero-order valence-corrected chi connectivity index (χ0v) is 26.5. The van der Waals surface area contributed by atoms with Gasteiger partial charge in [-0.2, -0.15) is 10.2 Å². The Bertz CT molecular complexity index is 1140. The molecule has 0 saturated carbocycles. The third-order valence-corrected chi connectivity index (χ3v) is 5.94. The molecule has 0 unspecified atom stereocenters. The van der Waals surface area contributed by atoms with E-state index >= 15 is 0 Å². The van der Waals surface area contributed by atoms with E-state index in [2.05, 4.69) is 21.1 Å². The largest absolute Gasteiger partial charge is 1.00 e. The summed E-state index contributed by atoms with van der Waals surface area (Å²) in [6.07, 6.45) is 9.59. The first-order chi connectivity index (χ1) is 19.0. The minimum atomic E-state index is -0.561. The van der Waals surface area contributed by atoms with Crippen LogP contribution in [0, 0.1) is 20.2 Å². The first kappa shape index (κ1) is 40.7. The van der Waals surface area contributed by atoms with Gasteiger partial charge < -0.3 is 35.1 Å². The number of carbonyl (C=O) groups is 2. The van der Waals surface area contributed by atoms with Crippen molar-refractivity contribution in [2.24, 2.45) is 10.2 Å². The monoisotopic (exact) mass is 716 g/mol. The molecule has 18 heteroatoms. The van der Waals surface area contributed by atoms with Crippen LogP contribution >= 0.6 is 0 Å². The van der Waals surface area contributed by atoms with Gasteiger partial charge in [0.05, 0.1) is 9.85 Å². The summed E-state index contributed by atoms with van der Waals surface area (Å²) >= 11 is 10.2. The van der Waals surface area contributed by atoms with Crippen molar-refractivity contribution < 1.29 is 53.6 Å². The molecule has 0 heterocycles. The summed E-state index contributed by atoms with van der Waals surface area (Å²) in [5, 5.41) is 29.8. The van der Waals surface area contributed by atoms with Gasteiger partial charge in [0.15, 0.2) is 11.6 Å². The van der Waals surface area contributed by atoms with Crippen molar-refractivity contribution in [2.45, 2.75) is 27.7 Å². The molecule has 0 aromatic carbocycles. The summed E-state index contributed by atoms with van der Waals surface area (Å²) in [7, 11) is 0. The van der Waals surface area contributed by atoms with E-state index < -0.39 is 9.85 Å². The van der Waals surface area contributed by atoms with Crippen LogP contribution in [0.1, 0.15) is 27.7 Å². The molecule has 14 nitrogen and oxygen atoms in total. The zero-order chi connectivity index (χ0) is 30.2. The number of carbonyl (C=O) groups excluding carboxylic acids is 2. The Morgan fingerprint density at radius 2 is 1.05 bits per heavy atom. The number of nitrogens with one attached hydrogen (secondary N) is 2. The van der Waals surface area contributed by atoms with Crippen LogP contribution in [0.2, 0.25) is 0 Å². The molecule has 236 valence electrons. The molecule has 0 amide bonds. The van der Waals surface area contributed by atoms with E-state index in [1.807, 2.05) is 37.5 Å². The maximum absolute atomic E-state index is 11.5. The van der Waals surface area contributed by atoms with Gasteiger partial charge in [-0.15, -0.1) is 0 Å². The Morgan fingerprint density at radius 3 is 1.31 bits per heavy atom. The maximum Gasteiger partial charge on any atom is 1.00 e. The second-order valence-electron chi connectivity index (χ2n) is 7.64. The average molecular weight is 718 g/mol. The standard InChI is InChI=1S/2C12H16N4O3S.2Cu/c2*1-3-15(4-2)12(20)14-13-8-9-7-10(16(18)19)5-6-11(9)17;;/h2*5-8,13H,3-4H2,1-2H3,(H,14,20);;/q;;2*+1/p-2/b2*9-8-;;. The normalized spacial score (nSPS) is 16.3. The summed E-state index contributed by atoms with van der Waals surface area (Å²) < 4.78 is 0. The third-order valence-electron chi connectivity index (χ3n) is 5.24. The fourth-order valence-corrected chi connectivity index (χ4v) is 3.59. The molecule has 0 spiro atoms. The molecular formula is C24H30Cu2N8O6S2. The van der Waals surface area contributed by atoms with Gasteiger partial charge in [-0.1, -0.05) is 0 Å². The average Bonchev–Trinajstić information content (AvgIpc) is 2.92. The minimum absolute atomic E-state index is 0. The maximum atomic E-state index is 11.5. The van der Waals surface area contributed by atoms with E-state index in [1.54, 1.807) is 0 Å². The predicted octanol–water partition coefficient (Wildman–Crippen LogP) is 1.83. The van der Waals surface area contributed by atoms with Crippen molar-refractivity contribution in [3.63, 3.8) is 0 Å². The Morgan fingerprint density at radius 1 is 0.738 bits per heavy atom. The Balaban J connectivity index is 0. The number of rotatable bonds is 10. The molecule has 0 saturated heterocycles. The third kappa shape index (κ3) is 13.5. The van der Waals surface area contributed by atoms with Gasteiger partial charge in [-0.05, 0) is 50.2 Å². The van der Waals surface area contributed by atoms with Crippen molar-refractivity contribution in [1.82, 2.24) is 20.7 Å². The molecule has 42 heavy (non-hydrogen) atoms. The van der Waals surface area contributed by atoms with Gasteiger partial charge in [0, 0.05) is 74.0 Å². The van der Waals surface area contributed by atoms with Crippen LogP contribution in [0.3, 0.4) is 0 Å². The van der Waals surface area contributed by atoms with Crippen molar-refractivity contribution >= 4 is 47.2 Å². The van der Waals surface area contributed by atoms with Crippen LogP contribution in [0.5, 0.6) is 0 Å². The molecule has 0 fully saturated rings. The van der Waals surface area contributed by atoms with Crippen molar-refractivity contribution in [1.29, 1.82) is 0 Å². The van der Waals surface area contributed by atoms with E-state index in [9.17, 15) is 29.8 Å². The van der Waals surface area contributed by atoms with E-state index in [0.29, 0.717) is 10.3 Å². The molecule has 2 aliphatic carbocycles. The summed E-state index contributed by atoms with van der Waals surface area (Å²) in [5.41, 5.74) is 5.12. The number of hydrogen-bond donors (Lipinski definition) is 2. The van der Waals surface area contributed by atoms with Crippen LogP contribution in [0.25, 0.3) is 0 Å². The Kier molecular flexibility index (Phi) is 20.7. The van der Waals surface area contributed by atoms with Crippen molar-refractivity contribution in [3.05, 3.63) is 91.6 Å². The van der Waals surface area contributed by atoms with E-state index in [4.69, 9.17) is 25.3 Å². The van der Waals surface area contributed by atoms with E-state index in [1.165, 1.54) is 24.6 Å². The zero-order valence-electron chi connectivity index (χ0n) is 23.0. The van der Waals surface area contributed by atoms with Crippen LogP contribution in [-0.4, -0.2) is 67.7 Å². The number of nitrogens with zero attached hydrogens (tertiary/aromatic N) is 6. The van der Waals surface area contributed by atoms with Gasteiger partial charge in [0.25, 0.3) is 11.4 Å². The molecule has 2 aliphatic rings. The number of hydrogen-bond acceptors (Lipinski definition) is 12. The van der Waals surface area contributed by atoms with Crippen LogP contribution in [-0.2, 0) is 69.0 Å². The van der Waals surface area contributed by atoms with Gasteiger partial charge in [0.2, 0.25) is 0 Å². The molecule has 0 radical (unpaired) electrons. The van der Waals surface area contributed by atoms with Crippen LogP contribution in [0.15, 0.2) is 81.6 Å². The molecule has 0 bridgehead atoms. The predicted molar refractivity (Wildman–Crippen MR) is 156 cm³/mol. The Labute approximate surface area is 275 Å². The summed E-state index contributed by atoms with van der Waals surface area (Å²) in [5.74, 6) is -0.654. The molecule has 2 rings (SSSR count). The summed E-state index contributed by atoms with van der Waals surface area (Å²) in [6, 6.07) is 0. The number of hydrazone groups is 2. The first-order valence-electron chi connectivity index (χ1n) is 12.1. The van der Waals surface area contributed by atoms with Crippen molar-refractivity contribution in [3.8, 4) is 0 Å². The SMILES string of the molecule is CCN(CC)/C([S-])=N/N/C=C1/C=C([N+](=O)[O-])C=CC1=O.CCN(CC)/C([S-])=N\N/C=C1/C=C([N+](=O)[O-])C=CC1=O.[Cu+].[Cu+]. The summed E-state index contributed by atoms with van der Waals surface area (Å²) in [6.45, 7) is 10.7. The quantitative estimate of drug-likeness (QED) is 0.0639. The minimum Gasteiger partial charge on any atom is -0.741 e. The topological polar surface area (TPSA) is 176 Å². The summed E-state index contributed by atoms with van der Waals surface area (Å²) in [4.78, 5) is 46.9. The number of ketones is 2. The van der Waals surface area contributed by atoms with Crippen LogP contribution in [0.4, 0.5) is 0 Å². The molecule has 0 atom stereocenters. The fourth-order valence-electron chi connectivity index (χ4n) is 2.97. The van der Waals surface area contributed by atoms with Gasteiger partial charge in [-0.25, -0.2) is 0 Å². The van der Waals surface area contributed by atoms with E-state index in [0.717, 1.165) is 50.5 Å². The molecule has 0 aromatic rings. The van der Waals surface area contributed by atoms with E-state index in [-0.39, 0.29) is 68.2 Å². The van der Waals surface area contributed by atoms with Crippen LogP contribution < -0.4 is 10.9 Å². The van der Waals surface area contributed by atoms with Gasteiger partial charge in [0.1, 0.15) is 0 Å². The van der Waals surface area contributed by atoms with Gasteiger partial charge in [-0.3, -0.25) is 40.7 Å².